The molecule has 0 saturated heterocycles. The van der Waals surface area contributed by atoms with Crippen LogP contribution in [0.25, 0.3) is 0 Å². The molecular formula is C24H22F3N3O4. The molecule has 1 heterocycles. The number of para-hydroxylation sites is 1. The van der Waals surface area contributed by atoms with Crippen LogP contribution in [0.5, 0.6) is 5.75 Å². The Balaban J connectivity index is 1.69. The Morgan fingerprint density at radius 1 is 1.00 bits per heavy atom. The topological polar surface area (TPSA) is 89.5 Å². The Labute approximate surface area is 193 Å². The predicted molar refractivity (Wildman–Crippen MR) is 118 cm³/mol. The van der Waals surface area contributed by atoms with E-state index in [9.17, 15) is 22.8 Å². The second-order valence-electron chi connectivity index (χ2n) is 7.13. The zero-order chi connectivity index (χ0) is 24.6. The highest BCUT2D eigenvalue weighted by molar-refractivity contribution is 5.89. The van der Waals surface area contributed by atoms with Gasteiger partial charge in [0, 0.05) is 30.4 Å². The third-order valence-electron chi connectivity index (χ3n) is 4.73. The molecule has 0 radical (unpaired) electrons. The second kappa shape index (κ2) is 11.2. The Hall–Kier alpha value is -4.08. The van der Waals surface area contributed by atoms with Crippen molar-refractivity contribution < 1.29 is 32.2 Å². The summed E-state index contributed by atoms with van der Waals surface area (Å²) >= 11 is 0. The smallest absolute Gasteiger partial charge is 0.433 e. The number of rotatable bonds is 8. The molecule has 0 aliphatic carbocycles. The summed E-state index contributed by atoms with van der Waals surface area (Å²) in [6.07, 6.45) is -3.93. The summed E-state index contributed by atoms with van der Waals surface area (Å²) in [4.78, 5) is 27.2. The number of alkyl halides is 3. The molecule has 2 N–H and O–H groups in total. The van der Waals surface area contributed by atoms with Crippen LogP contribution in [-0.2, 0) is 10.9 Å². The van der Waals surface area contributed by atoms with E-state index >= 15 is 0 Å². The molecule has 34 heavy (non-hydrogen) atoms. The number of amides is 2. The van der Waals surface area contributed by atoms with Gasteiger partial charge in [-0.05, 0) is 42.5 Å². The maximum atomic E-state index is 12.9. The van der Waals surface area contributed by atoms with Crippen molar-refractivity contribution in [2.45, 2.75) is 18.7 Å². The van der Waals surface area contributed by atoms with Crippen molar-refractivity contribution in [2.75, 3.05) is 19.0 Å². The van der Waals surface area contributed by atoms with Gasteiger partial charge in [0.25, 0.3) is 0 Å². The summed E-state index contributed by atoms with van der Waals surface area (Å²) < 4.78 is 49.3. The first-order valence-electron chi connectivity index (χ1n) is 10.2. The van der Waals surface area contributed by atoms with Gasteiger partial charge in [0.2, 0.25) is 0 Å². The lowest BCUT2D eigenvalue weighted by molar-refractivity contribution is -0.141. The first kappa shape index (κ1) is 24.6. The van der Waals surface area contributed by atoms with Crippen LogP contribution in [-0.4, -0.2) is 30.6 Å². The van der Waals surface area contributed by atoms with E-state index in [1.165, 1.54) is 25.3 Å². The zero-order valence-corrected chi connectivity index (χ0v) is 18.1. The molecule has 0 bridgehead atoms. The molecule has 0 aliphatic heterocycles. The highest BCUT2D eigenvalue weighted by Crippen LogP contribution is 2.30. The Morgan fingerprint density at radius 3 is 2.29 bits per heavy atom. The summed E-state index contributed by atoms with van der Waals surface area (Å²) in [5.74, 6) is -0.130. The average molecular weight is 473 g/mol. The lowest BCUT2D eigenvalue weighted by atomic mass is 10.1. The summed E-state index contributed by atoms with van der Waals surface area (Å²) in [6, 6.07) is 16.7. The number of benzene rings is 2. The van der Waals surface area contributed by atoms with Crippen LogP contribution >= 0.6 is 0 Å². The standard InChI is InChI=1S/C24H22F3N3O4/c1-33-22(31)16-7-10-19(11-8-16)34-20(17-9-12-21(29-15-17)24(25,26)27)13-14-28-23(32)30-18-5-3-2-4-6-18/h2-12,15,20H,13-14H2,1H3,(H2,28,30,32). The van der Waals surface area contributed by atoms with Crippen LogP contribution in [0.1, 0.15) is 34.1 Å². The first-order valence-corrected chi connectivity index (χ1v) is 10.2. The van der Waals surface area contributed by atoms with Crippen LogP contribution in [0.3, 0.4) is 0 Å². The maximum absolute atomic E-state index is 12.9. The molecule has 0 aliphatic rings. The molecule has 10 heteroatoms. The molecule has 3 rings (SSSR count). The third kappa shape index (κ3) is 6.96. The number of hydrogen-bond donors (Lipinski definition) is 2. The van der Waals surface area contributed by atoms with E-state index in [2.05, 4.69) is 20.4 Å². The van der Waals surface area contributed by atoms with Crippen LogP contribution in [0.4, 0.5) is 23.7 Å². The van der Waals surface area contributed by atoms with Crippen molar-refractivity contribution in [1.29, 1.82) is 0 Å². The van der Waals surface area contributed by atoms with Gasteiger partial charge in [0.1, 0.15) is 17.5 Å². The largest absolute Gasteiger partial charge is 0.486 e. The van der Waals surface area contributed by atoms with Gasteiger partial charge in [0.05, 0.1) is 12.7 Å². The van der Waals surface area contributed by atoms with Crippen LogP contribution < -0.4 is 15.4 Å². The quantitative estimate of drug-likeness (QED) is 0.438. The molecule has 0 fully saturated rings. The third-order valence-corrected chi connectivity index (χ3v) is 4.73. The van der Waals surface area contributed by atoms with Gasteiger partial charge in [0.15, 0.2) is 0 Å². The number of anilines is 1. The lowest BCUT2D eigenvalue weighted by Crippen LogP contribution is -2.30. The van der Waals surface area contributed by atoms with Crippen molar-refractivity contribution in [3.63, 3.8) is 0 Å². The number of nitrogens with zero attached hydrogens (tertiary/aromatic N) is 1. The van der Waals surface area contributed by atoms with Crippen LogP contribution in [0, 0.1) is 0 Å². The normalized spacial score (nSPS) is 11.9. The number of halogens is 3. The summed E-state index contributed by atoms with van der Waals surface area (Å²) in [6.45, 7) is 0.171. The number of urea groups is 1. The highest BCUT2D eigenvalue weighted by Gasteiger charge is 2.32. The van der Waals surface area contributed by atoms with Gasteiger partial charge < -0.3 is 20.1 Å². The van der Waals surface area contributed by atoms with E-state index in [1.54, 1.807) is 36.4 Å². The van der Waals surface area contributed by atoms with E-state index < -0.39 is 30.0 Å². The van der Waals surface area contributed by atoms with Crippen molar-refractivity contribution >= 4 is 17.7 Å². The fourth-order valence-corrected chi connectivity index (χ4v) is 3.02. The second-order valence-corrected chi connectivity index (χ2v) is 7.13. The van der Waals surface area contributed by atoms with Gasteiger partial charge in [-0.15, -0.1) is 0 Å². The number of aromatic nitrogens is 1. The Morgan fingerprint density at radius 2 is 1.71 bits per heavy atom. The van der Waals surface area contributed by atoms with Gasteiger partial charge >= 0.3 is 18.2 Å². The minimum Gasteiger partial charge on any atom is -0.486 e. The SMILES string of the molecule is COC(=O)c1ccc(OC(CCNC(=O)Nc2ccccc2)c2ccc(C(F)(F)F)nc2)cc1. The fourth-order valence-electron chi connectivity index (χ4n) is 3.02. The molecule has 7 nitrogen and oxygen atoms in total. The minimum absolute atomic E-state index is 0.171. The number of nitrogens with one attached hydrogen (secondary N) is 2. The van der Waals surface area contributed by atoms with E-state index in [1.807, 2.05) is 6.07 Å². The molecule has 3 aromatic rings. The number of hydrogen-bond acceptors (Lipinski definition) is 5. The van der Waals surface area contributed by atoms with Gasteiger partial charge in [-0.1, -0.05) is 24.3 Å². The molecule has 0 saturated carbocycles. The molecule has 2 aromatic carbocycles. The molecular weight excluding hydrogens is 451 g/mol. The molecule has 1 atom stereocenters. The maximum Gasteiger partial charge on any atom is 0.433 e. The molecule has 1 unspecified atom stereocenters. The van der Waals surface area contributed by atoms with Gasteiger partial charge in [-0.2, -0.15) is 13.2 Å². The van der Waals surface area contributed by atoms with E-state index in [-0.39, 0.29) is 13.0 Å². The first-order chi connectivity index (χ1) is 16.3. The Bertz CT molecular complexity index is 1090. The number of ether oxygens (including phenoxy) is 2. The van der Waals surface area contributed by atoms with Crippen molar-refractivity contribution in [1.82, 2.24) is 10.3 Å². The number of esters is 1. The van der Waals surface area contributed by atoms with Crippen molar-refractivity contribution in [2.24, 2.45) is 0 Å². The molecule has 1 aromatic heterocycles. The van der Waals surface area contributed by atoms with E-state index in [0.29, 0.717) is 22.6 Å². The van der Waals surface area contributed by atoms with Crippen LogP contribution in [0.15, 0.2) is 72.9 Å². The van der Waals surface area contributed by atoms with Gasteiger partial charge in [-0.25, -0.2) is 9.59 Å². The van der Waals surface area contributed by atoms with Crippen LogP contribution in [0.2, 0.25) is 0 Å². The molecule has 2 amide bonds. The predicted octanol–water partition coefficient (Wildman–Crippen LogP) is 5.22. The van der Waals surface area contributed by atoms with Crippen molar-refractivity contribution in [3.05, 3.63) is 89.7 Å². The Kier molecular flexibility index (Phi) is 8.07. The van der Waals surface area contributed by atoms with Gasteiger partial charge in [-0.3, -0.25) is 4.98 Å². The fraction of sp³-hybridized carbons (Fsp3) is 0.208. The number of carbonyl (C=O) groups is 2. The lowest BCUT2D eigenvalue weighted by Gasteiger charge is -2.20. The number of methoxy groups -OCH3 is 1. The van der Waals surface area contributed by atoms with E-state index in [4.69, 9.17) is 4.74 Å². The highest BCUT2D eigenvalue weighted by atomic mass is 19.4. The molecule has 0 spiro atoms. The summed E-state index contributed by atoms with van der Waals surface area (Å²) in [5, 5.41) is 5.37. The zero-order valence-electron chi connectivity index (χ0n) is 18.1. The monoisotopic (exact) mass is 473 g/mol. The summed E-state index contributed by atoms with van der Waals surface area (Å²) in [5.41, 5.74) is 0.320. The van der Waals surface area contributed by atoms with E-state index in [0.717, 1.165) is 12.3 Å². The number of pyridine rings is 1. The molecule has 178 valence electrons. The average Bonchev–Trinajstić information content (AvgIpc) is 2.83. The number of carbonyl (C=O) groups excluding carboxylic acids is 2. The van der Waals surface area contributed by atoms with Crippen molar-refractivity contribution in [3.8, 4) is 5.75 Å². The summed E-state index contributed by atoms with van der Waals surface area (Å²) in [7, 11) is 1.27. The minimum atomic E-state index is -4.56.